The lowest BCUT2D eigenvalue weighted by atomic mass is 10.0. The molecule has 0 unspecified atom stereocenters. The molecule has 2 heterocycles. The SMILES string of the molecule is C.c1ccc(-c2cc3ccccc3[nH]2)c(-c2cc3ccccc3[nH]2)c1. The molecule has 0 bridgehead atoms. The van der Waals surface area contributed by atoms with Crippen molar-refractivity contribution in [2.75, 3.05) is 0 Å². The Morgan fingerprint density at radius 3 is 1.32 bits per heavy atom. The fraction of sp³-hybridized carbons (Fsp3) is 0.0435. The lowest BCUT2D eigenvalue weighted by molar-refractivity contribution is 1.42. The molecule has 0 saturated carbocycles. The zero-order valence-electron chi connectivity index (χ0n) is 13.1. The van der Waals surface area contributed by atoms with Crippen LogP contribution in [0.3, 0.4) is 0 Å². The van der Waals surface area contributed by atoms with E-state index in [2.05, 4.69) is 94.9 Å². The minimum atomic E-state index is 0. The van der Waals surface area contributed by atoms with Crippen molar-refractivity contribution in [1.29, 1.82) is 0 Å². The van der Waals surface area contributed by atoms with Crippen LogP contribution in [0.2, 0.25) is 0 Å². The van der Waals surface area contributed by atoms with Crippen LogP contribution < -0.4 is 0 Å². The van der Waals surface area contributed by atoms with Crippen molar-refractivity contribution in [1.82, 2.24) is 9.97 Å². The van der Waals surface area contributed by atoms with E-state index in [0.29, 0.717) is 0 Å². The number of fused-ring (bicyclic) bond motifs is 2. The van der Waals surface area contributed by atoms with Crippen LogP contribution in [0.5, 0.6) is 0 Å². The lowest BCUT2D eigenvalue weighted by Gasteiger charge is -2.06. The molecule has 2 heteroatoms. The molecule has 0 radical (unpaired) electrons. The minimum absolute atomic E-state index is 0. The van der Waals surface area contributed by atoms with Crippen LogP contribution in [0.1, 0.15) is 7.43 Å². The van der Waals surface area contributed by atoms with Crippen molar-refractivity contribution in [3.8, 4) is 22.5 Å². The standard InChI is InChI=1S/C22H16N2.CH4/c1-5-11-19-15(7-1)13-21(23-19)17-9-3-4-10-18(17)22-14-16-8-2-6-12-20(16)24-22;/h1-14,23-24H;1H4. The molecule has 5 aromatic rings. The summed E-state index contributed by atoms with van der Waals surface area (Å²) in [6, 6.07) is 29.7. The van der Waals surface area contributed by atoms with E-state index >= 15 is 0 Å². The van der Waals surface area contributed by atoms with Crippen molar-refractivity contribution in [2.45, 2.75) is 7.43 Å². The van der Waals surface area contributed by atoms with Crippen LogP contribution in [0, 0.1) is 0 Å². The summed E-state index contributed by atoms with van der Waals surface area (Å²) in [5, 5.41) is 2.47. The Morgan fingerprint density at radius 2 is 0.880 bits per heavy atom. The predicted molar refractivity (Wildman–Crippen MR) is 108 cm³/mol. The maximum Gasteiger partial charge on any atom is 0.0471 e. The summed E-state index contributed by atoms with van der Waals surface area (Å²) in [4.78, 5) is 7.08. The zero-order valence-corrected chi connectivity index (χ0v) is 13.1. The molecule has 0 fully saturated rings. The molecule has 3 aromatic carbocycles. The van der Waals surface area contributed by atoms with E-state index in [-0.39, 0.29) is 7.43 Å². The molecule has 0 amide bonds. The molecule has 2 aromatic heterocycles. The van der Waals surface area contributed by atoms with Gasteiger partial charge in [0.15, 0.2) is 0 Å². The summed E-state index contributed by atoms with van der Waals surface area (Å²) in [5.41, 5.74) is 7.04. The van der Waals surface area contributed by atoms with Gasteiger partial charge in [-0.25, -0.2) is 0 Å². The van der Waals surface area contributed by atoms with Crippen LogP contribution in [0.4, 0.5) is 0 Å². The molecule has 0 aliphatic carbocycles. The Balaban J connectivity index is 0.00000157. The van der Waals surface area contributed by atoms with Crippen LogP contribution in [-0.2, 0) is 0 Å². The van der Waals surface area contributed by atoms with Crippen LogP contribution in [-0.4, -0.2) is 9.97 Å². The number of hydrogen-bond donors (Lipinski definition) is 2. The summed E-state index contributed by atoms with van der Waals surface area (Å²) in [5.74, 6) is 0. The van der Waals surface area contributed by atoms with Crippen molar-refractivity contribution >= 4 is 21.8 Å². The van der Waals surface area contributed by atoms with Gasteiger partial charge < -0.3 is 9.97 Å². The van der Waals surface area contributed by atoms with Gasteiger partial charge >= 0.3 is 0 Å². The predicted octanol–water partition coefficient (Wildman–Crippen LogP) is 6.62. The first-order valence-electron chi connectivity index (χ1n) is 8.14. The fourth-order valence-electron chi connectivity index (χ4n) is 3.39. The van der Waals surface area contributed by atoms with E-state index in [1.807, 2.05) is 0 Å². The molecule has 5 rings (SSSR count). The molecular weight excluding hydrogens is 304 g/mol. The number of aromatic amines is 2. The molecule has 25 heavy (non-hydrogen) atoms. The number of aromatic nitrogens is 2. The second-order valence-electron chi connectivity index (χ2n) is 6.09. The highest BCUT2D eigenvalue weighted by Crippen LogP contribution is 2.34. The normalized spacial score (nSPS) is 10.9. The second-order valence-corrected chi connectivity index (χ2v) is 6.09. The first-order valence-corrected chi connectivity index (χ1v) is 8.14. The summed E-state index contributed by atoms with van der Waals surface area (Å²) in [6.07, 6.45) is 0. The van der Waals surface area contributed by atoms with Gasteiger partial charge in [0.1, 0.15) is 0 Å². The van der Waals surface area contributed by atoms with Crippen LogP contribution >= 0.6 is 0 Å². The summed E-state index contributed by atoms with van der Waals surface area (Å²) in [7, 11) is 0. The third kappa shape index (κ3) is 2.52. The Morgan fingerprint density at radius 1 is 0.480 bits per heavy atom. The summed E-state index contributed by atoms with van der Waals surface area (Å²) < 4.78 is 0. The van der Waals surface area contributed by atoms with Crippen molar-refractivity contribution in [3.63, 3.8) is 0 Å². The lowest BCUT2D eigenvalue weighted by Crippen LogP contribution is -1.84. The average Bonchev–Trinajstić information content (AvgIpc) is 3.25. The zero-order chi connectivity index (χ0) is 15.9. The Kier molecular flexibility index (Phi) is 3.66. The van der Waals surface area contributed by atoms with Gasteiger partial charge in [-0.3, -0.25) is 0 Å². The monoisotopic (exact) mass is 324 g/mol. The topological polar surface area (TPSA) is 31.6 Å². The molecule has 0 aliphatic rings. The van der Waals surface area contributed by atoms with Gasteiger partial charge in [0, 0.05) is 44.3 Å². The van der Waals surface area contributed by atoms with Gasteiger partial charge in [-0.2, -0.15) is 0 Å². The second kappa shape index (κ2) is 5.99. The van der Waals surface area contributed by atoms with Gasteiger partial charge in [0.2, 0.25) is 0 Å². The van der Waals surface area contributed by atoms with Crippen LogP contribution in [0.25, 0.3) is 44.3 Å². The summed E-state index contributed by atoms with van der Waals surface area (Å²) >= 11 is 0. The Labute approximate surface area is 147 Å². The van der Waals surface area contributed by atoms with Gasteiger partial charge in [0.05, 0.1) is 0 Å². The average molecular weight is 324 g/mol. The largest absolute Gasteiger partial charge is 0.355 e. The quantitative estimate of drug-likeness (QED) is 0.366. The van der Waals surface area contributed by atoms with Gasteiger partial charge in [-0.05, 0) is 24.3 Å². The van der Waals surface area contributed by atoms with E-state index in [0.717, 1.165) is 11.4 Å². The van der Waals surface area contributed by atoms with Gasteiger partial charge in [-0.1, -0.05) is 68.1 Å². The molecule has 0 aliphatic heterocycles. The first-order chi connectivity index (χ1) is 11.9. The highest BCUT2D eigenvalue weighted by atomic mass is 14.7. The number of para-hydroxylation sites is 2. The smallest absolute Gasteiger partial charge is 0.0471 e. The third-order valence-corrected chi connectivity index (χ3v) is 4.57. The van der Waals surface area contributed by atoms with Gasteiger partial charge in [0.25, 0.3) is 0 Å². The van der Waals surface area contributed by atoms with Crippen molar-refractivity contribution in [3.05, 3.63) is 84.9 Å². The summed E-state index contributed by atoms with van der Waals surface area (Å²) in [6.45, 7) is 0. The molecule has 0 atom stereocenters. The Hall–Kier alpha value is -3.26. The van der Waals surface area contributed by atoms with E-state index in [4.69, 9.17) is 0 Å². The van der Waals surface area contributed by atoms with Crippen molar-refractivity contribution < 1.29 is 0 Å². The van der Waals surface area contributed by atoms with Crippen molar-refractivity contribution in [2.24, 2.45) is 0 Å². The van der Waals surface area contributed by atoms with E-state index in [9.17, 15) is 0 Å². The molecule has 0 saturated heterocycles. The number of nitrogens with one attached hydrogen (secondary N) is 2. The number of rotatable bonds is 2. The van der Waals surface area contributed by atoms with E-state index in [1.54, 1.807) is 0 Å². The number of benzene rings is 3. The molecular formula is C23H20N2. The van der Waals surface area contributed by atoms with Crippen LogP contribution in [0.15, 0.2) is 84.9 Å². The Bertz CT molecular complexity index is 1000. The maximum absolute atomic E-state index is 3.54. The highest BCUT2D eigenvalue weighted by Gasteiger charge is 2.11. The third-order valence-electron chi connectivity index (χ3n) is 4.57. The molecule has 2 nitrogen and oxygen atoms in total. The highest BCUT2D eigenvalue weighted by molar-refractivity contribution is 5.93. The molecule has 2 N–H and O–H groups in total. The number of hydrogen-bond acceptors (Lipinski definition) is 0. The first kappa shape index (κ1) is 15.3. The van der Waals surface area contributed by atoms with E-state index < -0.39 is 0 Å². The minimum Gasteiger partial charge on any atom is -0.355 e. The van der Waals surface area contributed by atoms with E-state index in [1.165, 1.54) is 32.9 Å². The van der Waals surface area contributed by atoms with Gasteiger partial charge in [-0.15, -0.1) is 0 Å². The number of H-pyrrole nitrogens is 2. The molecule has 0 spiro atoms. The fourth-order valence-corrected chi connectivity index (χ4v) is 3.39. The molecule has 122 valence electrons. The maximum atomic E-state index is 3.54.